The molecule has 0 saturated heterocycles. The van der Waals surface area contributed by atoms with Crippen molar-refractivity contribution in [2.75, 3.05) is 0 Å². The lowest BCUT2D eigenvalue weighted by Gasteiger charge is -2.24. The monoisotopic (exact) mass is 494 g/mol. The number of allylic oxidation sites excluding steroid dienone is 1. The smallest absolute Gasteiger partial charge is 0.239 e. The van der Waals surface area contributed by atoms with Gasteiger partial charge in [-0.2, -0.15) is 0 Å². The second kappa shape index (κ2) is 9.37. The molecule has 4 nitrogen and oxygen atoms in total. The molecule has 178 valence electrons. The Morgan fingerprint density at radius 2 is 1.74 bits per heavy atom. The molecule has 1 heterocycles. The molecule has 1 atom stereocenters. The summed E-state index contributed by atoms with van der Waals surface area (Å²) in [6, 6.07) is 18.3. The van der Waals surface area contributed by atoms with Crippen molar-refractivity contribution in [3.63, 3.8) is 0 Å². The highest BCUT2D eigenvalue weighted by atomic mass is 35.5. The predicted octanol–water partition coefficient (Wildman–Crippen LogP) is 6.45. The number of rotatable bonds is 6. The van der Waals surface area contributed by atoms with Gasteiger partial charge in [-0.25, -0.2) is 13.6 Å². The molecule has 0 amide bonds. The molecule has 0 spiro atoms. The van der Waals surface area contributed by atoms with Crippen LogP contribution in [0.25, 0.3) is 5.57 Å². The molecular weight excluding hydrogens is 464 g/mol. The van der Waals surface area contributed by atoms with E-state index in [9.17, 15) is 8.42 Å². The number of fused-ring (bicyclic) bond motifs is 1. The Kier molecular flexibility index (Phi) is 6.45. The van der Waals surface area contributed by atoms with Gasteiger partial charge in [0.15, 0.2) is 0 Å². The van der Waals surface area contributed by atoms with Crippen LogP contribution in [-0.2, 0) is 23.0 Å². The molecule has 2 aliphatic rings. The van der Waals surface area contributed by atoms with Crippen LogP contribution >= 0.6 is 11.6 Å². The summed E-state index contributed by atoms with van der Waals surface area (Å²) in [6.45, 7) is 2.72. The summed E-state index contributed by atoms with van der Waals surface area (Å²) in [5.74, 6) is 0.776. The Morgan fingerprint density at radius 1 is 1.03 bits per heavy atom. The average molecular weight is 495 g/mol. The second-order valence-corrected chi connectivity index (χ2v) is 11.7. The molecule has 5 rings (SSSR count). The first-order chi connectivity index (χ1) is 16.3. The largest absolute Gasteiger partial charge is 0.343 e. The Labute approximate surface area is 207 Å². The van der Waals surface area contributed by atoms with Gasteiger partial charge >= 0.3 is 0 Å². The average Bonchev–Trinajstić information content (AvgIpc) is 3.34. The first-order valence-electron chi connectivity index (χ1n) is 12.1. The van der Waals surface area contributed by atoms with Crippen LogP contribution in [0.1, 0.15) is 66.1 Å². The van der Waals surface area contributed by atoms with Crippen LogP contribution < -0.4 is 5.14 Å². The summed E-state index contributed by atoms with van der Waals surface area (Å²) < 4.78 is 27.1. The van der Waals surface area contributed by atoms with E-state index in [4.69, 9.17) is 16.7 Å². The molecule has 2 N–H and O–H groups in total. The minimum atomic E-state index is -3.81. The maximum Gasteiger partial charge on any atom is 0.239 e. The lowest BCUT2D eigenvalue weighted by Crippen LogP contribution is -2.18. The molecule has 2 aromatic carbocycles. The lowest BCUT2D eigenvalue weighted by atomic mass is 9.89. The molecule has 34 heavy (non-hydrogen) atoms. The van der Waals surface area contributed by atoms with Crippen LogP contribution in [0.5, 0.6) is 0 Å². The molecule has 1 aromatic heterocycles. The van der Waals surface area contributed by atoms with Crippen molar-refractivity contribution in [3.05, 3.63) is 93.8 Å². The fraction of sp³-hybridized carbons (Fsp3) is 0.357. The van der Waals surface area contributed by atoms with Crippen molar-refractivity contribution >= 4 is 27.2 Å². The van der Waals surface area contributed by atoms with E-state index < -0.39 is 10.0 Å². The Bertz CT molecular complexity index is 1330. The molecule has 1 unspecified atom stereocenters. The summed E-state index contributed by atoms with van der Waals surface area (Å²) in [5.41, 5.74) is 6.46. The minimum absolute atomic E-state index is 0.212. The number of hydrogen-bond donors (Lipinski definition) is 1. The molecule has 1 saturated carbocycles. The number of nitrogens with two attached hydrogens (primary N) is 1. The van der Waals surface area contributed by atoms with Crippen LogP contribution in [0.4, 0.5) is 0 Å². The minimum Gasteiger partial charge on any atom is -0.343 e. The van der Waals surface area contributed by atoms with Crippen LogP contribution in [0, 0.1) is 12.8 Å². The third kappa shape index (κ3) is 4.61. The van der Waals surface area contributed by atoms with E-state index in [1.54, 1.807) is 6.07 Å². The standard InChI is InChI=1S/C28H31ClN2O2S/c1-19-28(34(30,32)33)17-27(31(19)18-21-7-3-2-4-8-21)26-16-22(24-9-5-6-10-25(24)26)15-20-11-13-23(29)14-12-20/h5-6,9-14,16-17,21-22H,2-4,7-8,15,18H2,1H3,(H2,30,32,33). The van der Waals surface area contributed by atoms with E-state index in [1.807, 2.05) is 19.1 Å². The van der Waals surface area contributed by atoms with E-state index in [1.165, 1.54) is 48.8 Å². The number of nitrogens with zero attached hydrogens (tertiary/aromatic N) is 1. The van der Waals surface area contributed by atoms with Crippen molar-refractivity contribution in [1.29, 1.82) is 0 Å². The molecular formula is C28H31ClN2O2S. The third-order valence-electron chi connectivity index (χ3n) is 7.46. The molecule has 1 fully saturated rings. The van der Waals surface area contributed by atoms with Crippen molar-refractivity contribution < 1.29 is 8.42 Å². The number of hydrogen-bond acceptors (Lipinski definition) is 2. The van der Waals surface area contributed by atoms with Gasteiger partial charge in [0.05, 0.1) is 0 Å². The Hall–Kier alpha value is -2.34. The van der Waals surface area contributed by atoms with Crippen LogP contribution in [0.2, 0.25) is 5.02 Å². The molecule has 2 aliphatic carbocycles. The van der Waals surface area contributed by atoms with Crippen LogP contribution in [0.15, 0.2) is 65.6 Å². The van der Waals surface area contributed by atoms with Crippen molar-refractivity contribution in [1.82, 2.24) is 4.57 Å². The SMILES string of the molecule is Cc1c(S(N)(=O)=O)cc(C2=CC(Cc3ccc(Cl)cc3)c3ccccc32)n1CC1CCCCC1. The van der Waals surface area contributed by atoms with Crippen LogP contribution in [-0.4, -0.2) is 13.0 Å². The quantitative estimate of drug-likeness (QED) is 0.428. The first kappa shape index (κ1) is 23.4. The van der Waals surface area contributed by atoms with E-state index in [0.717, 1.165) is 34.9 Å². The van der Waals surface area contributed by atoms with E-state index >= 15 is 0 Å². The zero-order valence-corrected chi connectivity index (χ0v) is 21.1. The normalized spacial score (nSPS) is 18.7. The zero-order valence-electron chi connectivity index (χ0n) is 19.5. The third-order valence-corrected chi connectivity index (χ3v) is 8.73. The second-order valence-electron chi connectivity index (χ2n) is 9.74. The van der Waals surface area contributed by atoms with Gasteiger partial charge in [0, 0.05) is 34.4 Å². The predicted molar refractivity (Wildman–Crippen MR) is 139 cm³/mol. The highest BCUT2D eigenvalue weighted by Gasteiger charge is 2.29. The summed E-state index contributed by atoms with van der Waals surface area (Å²) in [7, 11) is -3.81. The molecule has 0 bridgehead atoms. The summed E-state index contributed by atoms with van der Waals surface area (Å²) >= 11 is 6.09. The van der Waals surface area contributed by atoms with Gasteiger partial charge in [0.2, 0.25) is 10.0 Å². The van der Waals surface area contributed by atoms with Crippen molar-refractivity contribution in [2.45, 2.75) is 62.8 Å². The van der Waals surface area contributed by atoms with Crippen LogP contribution in [0.3, 0.4) is 0 Å². The van der Waals surface area contributed by atoms with Gasteiger partial charge in [-0.15, -0.1) is 0 Å². The zero-order chi connectivity index (χ0) is 23.9. The van der Waals surface area contributed by atoms with Gasteiger partial charge in [0.25, 0.3) is 0 Å². The fourth-order valence-corrected chi connectivity index (χ4v) is 6.63. The first-order valence-corrected chi connectivity index (χ1v) is 14.0. The molecule has 6 heteroatoms. The Balaban J connectivity index is 1.59. The number of halogens is 1. The molecule has 0 aliphatic heterocycles. The van der Waals surface area contributed by atoms with Gasteiger partial charge < -0.3 is 4.57 Å². The van der Waals surface area contributed by atoms with Crippen molar-refractivity contribution in [3.8, 4) is 0 Å². The van der Waals surface area contributed by atoms with Gasteiger partial charge in [-0.1, -0.05) is 73.3 Å². The highest BCUT2D eigenvalue weighted by molar-refractivity contribution is 7.89. The summed E-state index contributed by atoms with van der Waals surface area (Å²) in [4.78, 5) is 0.234. The van der Waals surface area contributed by atoms with Crippen molar-refractivity contribution in [2.24, 2.45) is 11.1 Å². The summed E-state index contributed by atoms with van der Waals surface area (Å²) in [6.07, 6.45) is 9.34. The highest BCUT2D eigenvalue weighted by Crippen LogP contribution is 2.43. The van der Waals surface area contributed by atoms with Gasteiger partial charge in [-0.3, -0.25) is 0 Å². The van der Waals surface area contributed by atoms with E-state index in [0.29, 0.717) is 5.92 Å². The molecule has 3 aromatic rings. The van der Waals surface area contributed by atoms with Gasteiger partial charge in [0.1, 0.15) is 4.90 Å². The van der Waals surface area contributed by atoms with Gasteiger partial charge in [-0.05, 0) is 67.0 Å². The number of benzene rings is 2. The number of sulfonamides is 1. The maximum absolute atomic E-state index is 12.4. The molecule has 0 radical (unpaired) electrons. The number of aromatic nitrogens is 1. The Morgan fingerprint density at radius 3 is 2.44 bits per heavy atom. The van der Waals surface area contributed by atoms with E-state index in [2.05, 4.69) is 47.0 Å². The fourth-order valence-electron chi connectivity index (χ4n) is 5.71. The topological polar surface area (TPSA) is 65.1 Å². The number of primary sulfonamides is 1. The maximum atomic E-state index is 12.4. The lowest BCUT2D eigenvalue weighted by molar-refractivity contribution is 0.316. The summed E-state index contributed by atoms with van der Waals surface area (Å²) in [5, 5.41) is 6.37. The van der Waals surface area contributed by atoms with E-state index in [-0.39, 0.29) is 10.8 Å².